The second-order valence-corrected chi connectivity index (χ2v) is 8.81. The molecule has 4 nitrogen and oxygen atoms in total. The Hall–Kier alpha value is -0.600. The number of hydrogen-bond acceptors (Lipinski definition) is 4. The van der Waals surface area contributed by atoms with Gasteiger partial charge in [0.25, 0.3) is 0 Å². The lowest BCUT2D eigenvalue weighted by Gasteiger charge is -2.40. The molecule has 1 aliphatic rings. The number of hydrogen-bond donors (Lipinski definition) is 0. The number of carbonyl (C=O) groups excluding carboxylic acids is 1. The van der Waals surface area contributed by atoms with Crippen LogP contribution >= 0.6 is 7.37 Å². The van der Waals surface area contributed by atoms with Crippen LogP contribution in [0.3, 0.4) is 0 Å². The van der Waals surface area contributed by atoms with Crippen LogP contribution in [0.4, 0.5) is 0 Å². The number of carbonyl (C=O) groups is 1. The first-order valence-electron chi connectivity index (χ1n) is 7.85. The Bertz CT molecular complexity index is 417. The van der Waals surface area contributed by atoms with Gasteiger partial charge in [0.15, 0.2) is 0 Å². The molecule has 4 atom stereocenters. The highest BCUT2D eigenvalue weighted by Crippen LogP contribution is 2.61. The van der Waals surface area contributed by atoms with Gasteiger partial charge in [-0.2, -0.15) is 0 Å². The second-order valence-electron chi connectivity index (χ2n) is 6.30. The van der Waals surface area contributed by atoms with Crippen molar-refractivity contribution in [2.24, 2.45) is 17.8 Å². The number of rotatable bonds is 6. The van der Waals surface area contributed by atoms with Crippen LogP contribution in [-0.4, -0.2) is 25.3 Å². The Morgan fingerprint density at radius 2 is 2.05 bits per heavy atom. The van der Waals surface area contributed by atoms with Crippen molar-refractivity contribution < 1.29 is 18.6 Å². The van der Waals surface area contributed by atoms with Gasteiger partial charge >= 0.3 is 5.97 Å². The monoisotopic (exact) mass is 316 g/mol. The van der Waals surface area contributed by atoms with Crippen molar-refractivity contribution >= 4 is 13.3 Å². The van der Waals surface area contributed by atoms with Crippen molar-refractivity contribution in [1.29, 1.82) is 0 Å². The highest BCUT2D eigenvalue weighted by Gasteiger charge is 2.42. The van der Waals surface area contributed by atoms with Crippen LogP contribution in [0.2, 0.25) is 0 Å². The first-order chi connectivity index (χ1) is 9.84. The molecule has 0 saturated heterocycles. The first kappa shape index (κ1) is 18.4. The van der Waals surface area contributed by atoms with E-state index >= 15 is 0 Å². The van der Waals surface area contributed by atoms with Crippen molar-refractivity contribution in [2.75, 3.05) is 13.7 Å². The molecule has 0 aliphatic heterocycles. The van der Waals surface area contributed by atoms with Crippen molar-refractivity contribution in [1.82, 2.24) is 0 Å². The van der Waals surface area contributed by atoms with E-state index < -0.39 is 13.3 Å². The fourth-order valence-electron chi connectivity index (χ4n) is 3.25. The van der Waals surface area contributed by atoms with Gasteiger partial charge in [-0.1, -0.05) is 27.2 Å². The van der Waals surface area contributed by atoms with Crippen molar-refractivity contribution in [2.45, 2.75) is 52.6 Å². The molecule has 122 valence electrons. The summed E-state index contributed by atoms with van der Waals surface area (Å²) in [6.45, 7) is 8.78. The molecule has 1 unspecified atom stereocenters. The zero-order valence-corrected chi connectivity index (χ0v) is 14.8. The average molecular weight is 316 g/mol. The summed E-state index contributed by atoms with van der Waals surface area (Å²) in [7, 11) is -1.67. The van der Waals surface area contributed by atoms with E-state index in [1.54, 1.807) is 0 Å². The fourth-order valence-corrected chi connectivity index (χ4v) is 6.16. The maximum Gasteiger partial charge on any atom is 0.330 e. The summed E-state index contributed by atoms with van der Waals surface area (Å²) in [5, 5.41) is 0. The number of methoxy groups -OCH3 is 1. The third kappa shape index (κ3) is 4.96. The molecule has 1 saturated carbocycles. The topological polar surface area (TPSA) is 52.6 Å². The minimum absolute atomic E-state index is 0.00195. The number of esters is 1. The Kier molecular flexibility index (Phi) is 7.15. The number of ether oxygens (including phenoxy) is 1. The van der Waals surface area contributed by atoms with Gasteiger partial charge in [-0.05, 0) is 37.5 Å². The van der Waals surface area contributed by atoms with Crippen LogP contribution in [0.15, 0.2) is 11.9 Å². The van der Waals surface area contributed by atoms with E-state index in [1.165, 1.54) is 25.4 Å². The predicted molar refractivity (Wildman–Crippen MR) is 85.5 cm³/mol. The summed E-state index contributed by atoms with van der Waals surface area (Å²) >= 11 is 0. The molecule has 1 aliphatic carbocycles. The Balaban J connectivity index is 3.06. The van der Waals surface area contributed by atoms with Crippen LogP contribution in [0.25, 0.3) is 0 Å². The van der Waals surface area contributed by atoms with Gasteiger partial charge in [0.1, 0.15) is 0 Å². The molecule has 0 radical (unpaired) electrons. The lowest BCUT2D eigenvalue weighted by Crippen LogP contribution is -2.32. The van der Waals surface area contributed by atoms with Crippen molar-refractivity contribution in [3.8, 4) is 0 Å². The van der Waals surface area contributed by atoms with E-state index in [-0.39, 0.29) is 5.66 Å². The normalized spacial score (nSPS) is 29.5. The lowest BCUT2D eigenvalue weighted by atomic mass is 9.77. The first-order valence-corrected chi connectivity index (χ1v) is 9.61. The molecule has 0 aromatic carbocycles. The molecular weight excluding hydrogens is 287 g/mol. The van der Waals surface area contributed by atoms with E-state index in [9.17, 15) is 9.36 Å². The van der Waals surface area contributed by atoms with E-state index in [4.69, 9.17) is 4.52 Å². The maximum absolute atomic E-state index is 13.3. The van der Waals surface area contributed by atoms with Gasteiger partial charge in [-0.15, -0.1) is 0 Å². The maximum atomic E-state index is 13.3. The zero-order valence-electron chi connectivity index (χ0n) is 13.9. The third-order valence-corrected chi connectivity index (χ3v) is 7.14. The van der Waals surface area contributed by atoms with Crippen LogP contribution in [0.5, 0.6) is 0 Å². The SMILES string of the molecule is CCOP(=O)(/C=C/C(=O)OC)[C@@H]1C[C@H](C)CC[C@H]1C(C)C. The molecule has 5 heteroatoms. The van der Waals surface area contributed by atoms with E-state index in [0.29, 0.717) is 24.4 Å². The zero-order chi connectivity index (χ0) is 16.0. The average Bonchev–Trinajstić information content (AvgIpc) is 2.44. The molecule has 1 rings (SSSR count). The highest BCUT2D eigenvalue weighted by molar-refractivity contribution is 7.63. The molecule has 0 bridgehead atoms. The smallest absolute Gasteiger partial charge is 0.330 e. The second kappa shape index (κ2) is 8.14. The van der Waals surface area contributed by atoms with Gasteiger partial charge in [0.05, 0.1) is 13.7 Å². The summed E-state index contributed by atoms with van der Waals surface area (Å²) in [6, 6.07) is 0. The Morgan fingerprint density at radius 3 is 2.57 bits per heavy atom. The molecular formula is C16H29O4P. The predicted octanol–water partition coefficient (Wildman–Crippen LogP) is 4.45. The molecule has 0 amide bonds. The van der Waals surface area contributed by atoms with Gasteiger partial charge in [0, 0.05) is 17.6 Å². The fraction of sp³-hybridized carbons (Fsp3) is 0.812. The standard InChI is InChI=1S/C16H29O4P/c1-6-20-21(18,10-9-16(17)19-5)15-11-13(4)7-8-14(15)12(2)3/h9-10,12-15H,6-8,11H2,1-5H3/b10-9+/t13-,14+,15-,21?/m1/s1. The van der Waals surface area contributed by atoms with Crippen LogP contribution in [0.1, 0.15) is 47.0 Å². The van der Waals surface area contributed by atoms with E-state index in [0.717, 1.165) is 12.8 Å². The summed E-state index contributed by atoms with van der Waals surface area (Å²) < 4.78 is 23.6. The molecule has 1 fully saturated rings. The Morgan fingerprint density at radius 1 is 1.38 bits per heavy atom. The molecule has 21 heavy (non-hydrogen) atoms. The summed E-state index contributed by atoms with van der Waals surface area (Å²) in [5.74, 6) is 2.37. The van der Waals surface area contributed by atoms with E-state index in [1.807, 2.05) is 6.92 Å². The van der Waals surface area contributed by atoms with Gasteiger partial charge in [-0.25, -0.2) is 4.79 Å². The Labute approximate surface area is 128 Å². The molecule has 0 N–H and O–H groups in total. The minimum atomic E-state index is -2.99. The van der Waals surface area contributed by atoms with Crippen LogP contribution in [-0.2, 0) is 18.6 Å². The highest BCUT2D eigenvalue weighted by atomic mass is 31.2. The van der Waals surface area contributed by atoms with Crippen molar-refractivity contribution in [3.05, 3.63) is 11.9 Å². The van der Waals surface area contributed by atoms with Crippen LogP contribution in [0, 0.1) is 17.8 Å². The lowest BCUT2D eigenvalue weighted by molar-refractivity contribution is -0.134. The minimum Gasteiger partial charge on any atom is -0.466 e. The molecule has 0 aromatic heterocycles. The molecule has 0 aromatic rings. The molecule has 0 spiro atoms. The molecule has 0 heterocycles. The largest absolute Gasteiger partial charge is 0.466 e. The van der Waals surface area contributed by atoms with Crippen molar-refractivity contribution in [3.63, 3.8) is 0 Å². The van der Waals surface area contributed by atoms with E-state index in [2.05, 4.69) is 25.5 Å². The quantitative estimate of drug-likeness (QED) is 0.413. The summed E-state index contributed by atoms with van der Waals surface area (Å²) in [5.41, 5.74) is 0.00195. The van der Waals surface area contributed by atoms with Crippen LogP contribution < -0.4 is 0 Å². The van der Waals surface area contributed by atoms with Gasteiger partial charge < -0.3 is 9.26 Å². The summed E-state index contributed by atoms with van der Waals surface area (Å²) in [4.78, 5) is 11.3. The summed E-state index contributed by atoms with van der Waals surface area (Å²) in [6.07, 6.45) is 4.40. The van der Waals surface area contributed by atoms with Gasteiger partial charge in [0.2, 0.25) is 7.37 Å². The third-order valence-electron chi connectivity index (χ3n) is 4.40. The van der Waals surface area contributed by atoms with Gasteiger partial charge in [-0.3, -0.25) is 4.57 Å².